The van der Waals surface area contributed by atoms with Gasteiger partial charge in [-0.2, -0.15) is 0 Å². The monoisotopic (exact) mass is 463 g/mol. The lowest BCUT2D eigenvalue weighted by Crippen LogP contribution is -2.42. The van der Waals surface area contributed by atoms with Gasteiger partial charge in [0.1, 0.15) is 0 Å². The summed E-state index contributed by atoms with van der Waals surface area (Å²) in [6, 6.07) is 10.4. The smallest absolute Gasteiger partial charge is 0.279 e. The average molecular weight is 464 g/mol. The Balaban J connectivity index is 1.48. The lowest BCUT2D eigenvalue weighted by molar-refractivity contribution is -0.121. The normalized spacial score (nSPS) is 16.3. The molecular formula is C22H29N3O4S2. The molecule has 168 valence electrons. The number of carbonyl (C=O) groups is 2. The first-order chi connectivity index (χ1) is 14.5. The van der Waals surface area contributed by atoms with Crippen LogP contribution < -0.4 is 15.6 Å². The van der Waals surface area contributed by atoms with Gasteiger partial charge >= 0.3 is 0 Å². The number of aryl methyl sites for hydroxylation is 1. The number of rotatable bonds is 6. The molecule has 1 aliphatic rings. The number of hydrogen-bond acceptors (Lipinski definition) is 5. The molecule has 0 aliphatic heterocycles. The van der Waals surface area contributed by atoms with Crippen LogP contribution in [0.5, 0.6) is 0 Å². The van der Waals surface area contributed by atoms with Gasteiger partial charge in [-0.1, -0.05) is 39.0 Å². The second-order valence-corrected chi connectivity index (χ2v) is 11.9. The van der Waals surface area contributed by atoms with Crippen LogP contribution in [0.3, 0.4) is 0 Å². The summed E-state index contributed by atoms with van der Waals surface area (Å²) in [6.07, 6.45) is 2.77. The maximum absolute atomic E-state index is 12.4. The summed E-state index contributed by atoms with van der Waals surface area (Å²) in [5.41, 5.74) is 6.58. The van der Waals surface area contributed by atoms with Crippen LogP contribution in [0.2, 0.25) is 0 Å². The van der Waals surface area contributed by atoms with Crippen molar-refractivity contribution in [1.29, 1.82) is 0 Å². The third-order valence-corrected chi connectivity index (χ3v) is 8.02. The van der Waals surface area contributed by atoms with Crippen molar-refractivity contribution in [2.75, 3.05) is 10.5 Å². The second-order valence-electron chi connectivity index (χ2n) is 8.90. The average Bonchev–Trinajstić information content (AvgIpc) is 3.14. The summed E-state index contributed by atoms with van der Waals surface area (Å²) in [7, 11) is -3.66. The van der Waals surface area contributed by atoms with Crippen LogP contribution in [-0.4, -0.2) is 26.0 Å². The van der Waals surface area contributed by atoms with Gasteiger partial charge in [0.05, 0.1) is 10.6 Å². The number of hydrogen-bond donors (Lipinski definition) is 3. The number of sulfonamides is 1. The molecule has 3 rings (SSSR count). The minimum atomic E-state index is -3.66. The molecule has 1 aromatic carbocycles. The third-order valence-electron chi connectivity index (χ3n) is 5.49. The summed E-state index contributed by atoms with van der Waals surface area (Å²) in [5.74, 6) is -0.756. The van der Waals surface area contributed by atoms with Gasteiger partial charge in [0.2, 0.25) is 15.9 Å². The van der Waals surface area contributed by atoms with Crippen LogP contribution in [0.15, 0.2) is 36.4 Å². The fourth-order valence-corrected chi connectivity index (χ4v) is 5.74. The Hall–Kier alpha value is -2.39. The highest BCUT2D eigenvalue weighted by molar-refractivity contribution is 7.92. The first-order valence-electron chi connectivity index (χ1n) is 10.3. The van der Waals surface area contributed by atoms with E-state index >= 15 is 0 Å². The van der Waals surface area contributed by atoms with E-state index in [2.05, 4.69) is 36.3 Å². The predicted octanol–water partition coefficient (Wildman–Crippen LogP) is 3.49. The van der Waals surface area contributed by atoms with Crippen LogP contribution in [0.25, 0.3) is 0 Å². The number of carbonyl (C=O) groups excluding carboxylic acids is 2. The Morgan fingerprint density at radius 1 is 1.13 bits per heavy atom. The van der Waals surface area contributed by atoms with E-state index in [0.29, 0.717) is 16.5 Å². The van der Waals surface area contributed by atoms with E-state index in [1.807, 2.05) is 6.07 Å². The molecule has 1 aromatic heterocycles. The number of thiophene rings is 1. The number of fused-ring (bicyclic) bond motifs is 1. The van der Waals surface area contributed by atoms with Crippen LogP contribution in [-0.2, 0) is 27.7 Å². The fraction of sp³-hybridized carbons (Fsp3) is 0.455. The molecule has 0 saturated heterocycles. The molecule has 0 radical (unpaired) electrons. The summed E-state index contributed by atoms with van der Waals surface area (Å²) in [6.45, 7) is 6.73. The Bertz CT molecular complexity index is 1040. The number of benzene rings is 1. The SMILES string of the molecule is CC(C)(C)C1CCc2sc(C(=O)NNC(=O)CCS(=O)(=O)Nc3ccccc3)cc2C1. The van der Waals surface area contributed by atoms with E-state index in [1.165, 1.54) is 21.8 Å². The van der Waals surface area contributed by atoms with Crippen molar-refractivity contribution in [1.82, 2.24) is 10.9 Å². The summed E-state index contributed by atoms with van der Waals surface area (Å²) in [4.78, 5) is 26.2. The van der Waals surface area contributed by atoms with Gasteiger partial charge in [-0.3, -0.25) is 25.2 Å². The number of nitrogens with one attached hydrogen (secondary N) is 3. The maximum Gasteiger partial charge on any atom is 0.279 e. The van der Waals surface area contributed by atoms with Crippen LogP contribution in [0.4, 0.5) is 5.69 Å². The lowest BCUT2D eigenvalue weighted by atomic mass is 9.72. The number of hydrazine groups is 1. The molecule has 0 fully saturated rings. The van der Waals surface area contributed by atoms with E-state index in [-0.39, 0.29) is 23.5 Å². The molecule has 0 saturated carbocycles. The quantitative estimate of drug-likeness (QED) is 0.570. The molecule has 9 heteroatoms. The molecule has 1 unspecified atom stereocenters. The van der Waals surface area contributed by atoms with Crippen molar-refractivity contribution < 1.29 is 18.0 Å². The number of anilines is 1. The predicted molar refractivity (Wildman–Crippen MR) is 123 cm³/mol. The second kappa shape index (κ2) is 9.40. The molecule has 0 bridgehead atoms. The number of para-hydroxylation sites is 1. The largest absolute Gasteiger partial charge is 0.284 e. The van der Waals surface area contributed by atoms with Crippen molar-refractivity contribution in [2.45, 2.75) is 46.5 Å². The van der Waals surface area contributed by atoms with E-state index in [1.54, 1.807) is 30.3 Å². The van der Waals surface area contributed by atoms with Crippen LogP contribution in [0.1, 0.15) is 53.7 Å². The molecule has 2 amide bonds. The molecule has 2 aromatic rings. The van der Waals surface area contributed by atoms with Crippen LogP contribution >= 0.6 is 11.3 Å². The van der Waals surface area contributed by atoms with Gasteiger partial charge in [0.25, 0.3) is 5.91 Å². The molecular weight excluding hydrogens is 434 g/mol. The standard InChI is InChI=1S/C22H29N3O4S2/c1-22(2,3)16-9-10-18-15(13-16)14-19(30-18)21(27)24-23-20(26)11-12-31(28,29)25-17-7-5-4-6-8-17/h4-8,14,16,25H,9-13H2,1-3H3,(H,23,26)(H,24,27). The summed E-state index contributed by atoms with van der Waals surface area (Å²) >= 11 is 1.46. The van der Waals surface area contributed by atoms with Crippen molar-refractivity contribution >= 4 is 38.9 Å². The molecule has 1 heterocycles. The highest BCUT2D eigenvalue weighted by Gasteiger charge is 2.30. The molecule has 0 spiro atoms. The van der Waals surface area contributed by atoms with Crippen molar-refractivity contribution in [3.05, 3.63) is 51.7 Å². The Kier molecular flexibility index (Phi) is 7.06. The lowest BCUT2D eigenvalue weighted by Gasteiger charge is -2.33. The summed E-state index contributed by atoms with van der Waals surface area (Å²) < 4.78 is 26.6. The molecule has 31 heavy (non-hydrogen) atoms. The molecule has 1 atom stereocenters. The van der Waals surface area contributed by atoms with Gasteiger partial charge in [-0.15, -0.1) is 11.3 Å². The van der Waals surface area contributed by atoms with Gasteiger partial charge in [-0.05, 0) is 54.4 Å². The highest BCUT2D eigenvalue weighted by Crippen LogP contribution is 2.40. The van der Waals surface area contributed by atoms with Crippen molar-refractivity contribution in [2.24, 2.45) is 11.3 Å². The van der Waals surface area contributed by atoms with Crippen molar-refractivity contribution in [3.8, 4) is 0 Å². The zero-order valence-corrected chi connectivity index (χ0v) is 19.7. The molecule has 1 aliphatic carbocycles. The highest BCUT2D eigenvalue weighted by atomic mass is 32.2. The first kappa shape index (κ1) is 23.3. The van der Waals surface area contributed by atoms with Gasteiger partial charge in [0, 0.05) is 17.0 Å². The molecule has 7 nitrogen and oxygen atoms in total. The van der Waals surface area contributed by atoms with Crippen molar-refractivity contribution in [3.63, 3.8) is 0 Å². The zero-order valence-electron chi connectivity index (χ0n) is 18.0. The fourth-order valence-electron chi connectivity index (χ4n) is 3.59. The zero-order chi connectivity index (χ0) is 22.6. The Morgan fingerprint density at radius 2 is 1.84 bits per heavy atom. The van der Waals surface area contributed by atoms with Gasteiger partial charge in [0.15, 0.2) is 0 Å². The van der Waals surface area contributed by atoms with E-state index in [0.717, 1.165) is 19.3 Å². The van der Waals surface area contributed by atoms with Crippen LogP contribution in [0, 0.1) is 11.3 Å². The Morgan fingerprint density at radius 3 is 2.52 bits per heavy atom. The van der Waals surface area contributed by atoms with Gasteiger partial charge < -0.3 is 0 Å². The Labute approximate surface area is 187 Å². The van der Waals surface area contributed by atoms with Gasteiger partial charge in [-0.25, -0.2) is 8.42 Å². The van der Waals surface area contributed by atoms with E-state index in [9.17, 15) is 18.0 Å². The number of amides is 2. The minimum Gasteiger partial charge on any atom is -0.284 e. The maximum atomic E-state index is 12.4. The first-order valence-corrected chi connectivity index (χ1v) is 12.8. The summed E-state index contributed by atoms with van der Waals surface area (Å²) in [5, 5.41) is 0. The minimum absolute atomic E-state index is 0.228. The molecule has 3 N–H and O–H groups in total. The topological polar surface area (TPSA) is 104 Å². The van der Waals surface area contributed by atoms with E-state index in [4.69, 9.17) is 0 Å². The third kappa shape index (κ3) is 6.54. The van der Waals surface area contributed by atoms with E-state index < -0.39 is 15.9 Å².